The lowest BCUT2D eigenvalue weighted by Crippen LogP contribution is -2.17. The number of nitrogens with one attached hydrogen (secondary N) is 1. The Morgan fingerprint density at radius 1 is 1.35 bits per heavy atom. The van der Waals surface area contributed by atoms with Crippen molar-refractivity contribution in [2.24, 2.45) is 5.10 Å². The summed E-state index contributed by atoms with van der Waals surface area (Å²) in [7, 11) is 1.58. The molecule has 0 spiro atoms. The molecule has 0 atom stereocenters. The van der Waals surface area contributed by atoms with E-state index in [0.717, 1.165) is 12.0 Å². The van der Waals surface area contributed by atoms with Gasteiger partial charge in [0.25, 0.3) is 5.91 Å². The average Bonchev–Trinajstić information content (AvgIpc) is 2.61. The SMILES string of the molecule is CCCOc1ccc(/C=N/NC(=O)c2cccnc2)cc1OC. The van der Waals surface area contributed by atoms with E-state index in [0.29, 0.717) is 23.7 Å². The molecule has 0 aliphatic rings. The smallest absolute Gasteiger partial charge is 0.272 e. The van der Waals surface area contributed by atoms with Crippen LogP contribution in [0.25, 0.3) is 0 Å². The van der Waals surface area contributed by atoms with Gasteiger partial charge in [-0.05, 0) is 42.3 Å². The molecule has 0 aliphatic heterocycles. The first-order valence-corrected chi connectivity index (χ1v) is 7.29. The molecule has 0 saturated heterocycles. The van der Waals surface area contributed by atoms with Crippen LogP contribution in [0.2, 0.25) is 0 Å². The predicted octanol–water partition coefficient (Wildman–Crippen LogP) is 2.64. The van der Waals surface area contributed by atoms with E-state index in [4.69, 9.17) is 9.47 Å². The lowest BCUT2D eigenvalue weighted by molar-refractivity contribution is 0.0955. The van der Waals surface area contributed by atoms with Crippen LogP contribution in [0, 0.1) is 0 Å². The number of amides is 1. The van der Waals surface area contributed by atoms with Gasteiger partial charge in [0.15, 0.2) is 11.5 Å². The zero-order valence-electron chi connectivity index (χ0n) is 13.2. The summed E-state index contributed by atoms with van der Waals surface area (Å²) in [6.07, 6.45) is 5.55. The van der Waals surface area contributed by atoms with Gasteiger partial charge in [0.05, 0.1) is 25.5 Å². The van der Waals surface area contributed by atoms with E-state index in [1.54, 1.807) is 37.7 Å². The van der Waals surface area contributed by atoms with Crippen molar-refractivity contribution in [3.8, 4) is 11.5 Å². The van der Waals surface area contributed by atoms with Crippen molar-refractivity contribution in [2.45, 2.75) is 13.3 Å². The molecule has 6 nitrogen and oxygen atoms in total. The van der Waals surface area contributed by atoms with Gasteiger partial charge in [-0.2, -0.15) is 5.10 Å². The molecule has 23 heavy (non-hydrogen) atoms. The minimum Gasteiger partial charge on any atom is -0.493 e. The van der Waals surface area contributed by atoms with Crippen LogP contribution in [0.3, 0.4) is 0 Å². The third kappa shape index (κ3) is 4.81. The second kappa shape index (κ2) is 8.53. The van der Waals surface area contributed by atoms with Gasteiger partial charge in [-0.3, -0.25) is 9.78 Å². The Morgan fingerprint density at radius 3 is 2.91 bits per heavy atom. The number of rotatable bonds is 7. The molecule has 1 amide bonds. The zero-order chi connectivity index (χ0) is 16.5. The summed E-state index contributed by atoms with van der Waals surface area (Å²) in [5, 5.41) is 3.94. The number of methoxy groups -OCH3 is 1. The third-order valence-corrected chi connectivity index (χ3v) is 2.95. The fourth-order valence-electron chi connectivity index (χ4n) is 1.82. The molecule has 1 heterocycles. The van der Waals surface area contributed by atoms with Gasteiger partial charge in [0, 0.05) is 12.4 Å². The molecule has 1 aromatic heterocycles. The second-order valence-electron chi connectivity index (χ2n) is 4.70. The molecule has 0 bridgehead atoms. The van der Waals surface area contributed by atoms with Gasteiger partial charge in [0.2, 0.25) is 0 Å². The molecule has 0 fully saturated rings. The molecule has 0 radical (unpaired) electrons. The summed E-state index contributed by atoms with van der Waals surface area (Å²) in [4.78, 5) is 15.7. The Labute approximate surface area is 135 Å². The number of hydrogen-bond donors (Lipinski definition) is 1. The van der Waals surface area contributed by atoms with Crippen molar-refractivity contribution >= 4 is 12.1 Å². The van der Waals surface area contributed by atoms with E-state index in [9.17, 15) is 4.79 Å². The quantitative estimate of drug-likeness (QED) is 0.630. The number of aromatic nitrogens is 1. The van der Waals surface area contributed by atoms with Crippen molar-refractivity contribution in [3.63, 3.8) is 0 Å². The Balaban J connectivity index is 2.00. The predicted molar refractivity (Wildman–Crippen MR) is 88.1 cm³/mol. The highest BCUT2D eigenvalue weighted by Crippen LogP contribution is 2.27. The lowest BCUT2D eigenvalue weighted by Gasteiger charge is -2.10. The molecule has 2 rings (SSSR count). The first-order chi connectivity index (χ1) is 11.2. The standard InChI is InChI=1S/C17H19N3O3/c1-3-9-23-15-7-6-13(10-16(15)22-2)11-19-20-17(21)14-5-4-8-18-12-14/h4-8,10-12H,3,9H2,1-2H3,(H,20,21)/b19-11+. The van der Waals surface area contributed by atoms with Crippen molar-refractivity contribution in [1.82, 2.24) is 10.4 Å². The fraction of sp³-hybridized carbons (Fsp3) is 0.235. The topological polar surface area (TPSA) is 72.8 Å². The van der Waals surface area contributed by atoms with Gasteiger partial charge in [-0.15, -0.1) is 0 Å². The maximum absolute atomic E-state index is 11.8. The van der Waals surface area contributed by atoms with Crippen LogP contribution in [0.4, 0.5) is 0 Å². The number of benzene rings is 1. The van der Waals surface area contributed by atoms with Crippen molar-refractivity contribution in [1.29, 1.82) is 0 Å². The molecule has 0 aliphatic carbocycles. The molecular weight excluding hydrogens is 294 g/mol. The number of carbonyl (C=O) groups is 1. The van der Waals surface area contributed by atoms with Crippen LogP contribution in [-0.2, 0) is 0 Å². The third-order valence-electron chi connectivity index (χ3n) is 2.95. The Bertz CT molecular complexity index is 672. The van der Waals surface area contributed by atoms with Crippen LogP contribution >= 0.6 is 0 Å². The largest absolute Gasteiger partial charge is 0.493 e. The maximum atomic E-state index is 11.8. The first kappa shape index (κ1) is 16.5. The summed E-state index contributed by atoms with van der Waals surface area (Å²) in [6.45, 7) is 2.67. The van der Waals surface area contributed by atoms with Crippen LogP contribution in [0.1, 0.15) is 29.3 Å². The average molecular weight is 313 g/mol. The minimum atomic E-state index is -0.316. The monoisotopic (exact) mass is 313 g/mol. The summed E-state index contributed by atoms with van der Waals surface area (Å²) in [6, 6.07) is 8.82. The molecule has 0 saturated carbocycles. The molecule has 6 heteroatoms. The number of nitrogens with zero attached hydrogens (tertiary/aromatic N) is 2. The first-order valence-electron chi connectivity index (χ1n) is 7.29. The molecule has 1 aromatic carbocycles. The highest BCUT2D eigenvalue weighted by molar-refractivity contribution is 5.94. The van der Waals surface area contributed by atoms with Crippen molar-refractivity contribution in [2.75, 3.05) is 13.7 Å². The normalized spacial score (nSPS) is 10.5. The van der Waals surface area contributed by atoms with Gasteiger partial charge in [-0.25, -0.2) is 5.43 Å². The number of hydrogen-bond acceptors (Lipinski definition) is 5. The van der Waals surface area contributed by atoms with Crippen LogP contribution in [0.15, 0.2) is 47.8 Å². The van der Waals surface area contributed by atoms with Gasteiger partial charge in [-0.1, -0.05) is 6.92 Å². The number of ether oxygens (including phenoxy) is 2. The molecule has 1 N–H and O–H groups in total. The number of carbonyl (C=O) groups excluding carboxylic acids is 1. The van der Waals surface area contributed by atoms with E-state index in [1.807, 2.05) is 19.1 Å². The van der Waals surface area contributed by atoms with Crippen molar-refractivity contribution in [3.05, 3.63) is 53.9 Å². The number of pyridine rings is 1. The molecule has 0 unspecified atom stereocenters. The lowest BCUT2D eigenvalue weighted by atomic mass is 10.2. The Kier molecular flexibility index (Phi) is 6.11. The van der Waals surface area contributed by atoms with E-state index in [1.165, 1.54) is 6.20 Å². The van der Waals surface area contributed by atoms with Crippen LogP contribution < -0.4 is 14.9 Å². The maximum Gasteiger partial charge on any atom is 0.272 e. The van der Waals surface area contributed by atoms with Gasteiger partial charge in [0.1, 0.15) is 0 Å². The molecular formula is C17H19N3O3. The van der Waals surface area contributed by atoms with E-state index >= 15 is 0 Å². The van der Waals surface area contributed by atoms with Gasteiger partial charge >= 0.3 is 0 Å². The number of hydrazone groups is 1. The summed E-state index contributed by atoms with van der Waals surface area (Å²) in [5.41, 5.74) is 3.69. The highest BCUT2D eigenvalue weighted by atomic mass is 16.5. The fourth-order valence-corrected chi connectivity index (χ4v) is 1.82. The Morgan fingerprint density at radius 2 is 2.22 bits per heavy atom. The van der Waals surface area contributed by atoms with Crippen LogP contribution in [-0.4, -0.2) is 30.8 Å². The summed E-state index contributed by atoms with van der Waals surface area (Å²) < 4.78 is 10.9. The van der Waals surface area contributed by atoms with E-state index in [-0.39, 0.29) is 5.91 Å². The van der Waals surface area contributed by atoms with Gasteiger partial charge < -0.3 is 9.47 Å². The summed E-state index contributed by atoms with van der Waals surface area (Å²) >= 11 is 0. The second-order valence-corrected chi connectivity index (χ2v) is 4.70. The molecule has 2 aromatic rings. The van der Waals surface area contributed by atoms with Crippen molar-refractivity contribution < 1.29 is 14.3 Å². The molecule has 120 valence electrons. The highest BCUT2D eigenvalue weighted by Gasteiger charge is 2.05. The van der Waals surface area contributed by atoms with E-state index in [2.05, 4.69) is 15.5 Å². The zero-order valence-corrected chi connectivity index (χ0v) is 13.2. The van der Waals surface area contributed by atoms with E-state index < -0.39 is 0 Å². The Hall–Kier alpha value is -2.89. The summed E-state index contributed by atoms with van der Waals surface area (Å²) in [5.74, 6) is 0.996. The van der Waals surface area contributed by atoms with Crippen LogP contribution in [0.5, 0.6) is 11.5 Å². The minimum absolute atomic E-state index is 0.316.